The summed E-state index contributed by atoms with van der Waals surface area (Å²) in [7, 11) is 0. The molecule has 2 aliphatic heterocycles. The van der Waals surface area contributed by atoms with Crippen LogP contribution in [0.1, 0.15) is 44.6 Å². The van der Waals surface area contributed by atoms with Gasteiger partial charge in [-0.05, 0) is 48.8 Å². The summed E-state index contributed by atoms with van der Waals surface area (Å²) in [5, 5.41) is 4.49. The monoisotopic (exact) mass is 307 g/mol. The molecule has 1 aromatic rings. The number of piperidine rings is 1. The maximum atomic E-state index is 6.50. The Labute approximate surface area is 133 Å². The zero-order valence-electron chi connectivity index (χ0n) is 13.1. The van der Waals surface area contributed by atoms with Crippen LogP contribution < -0.4 is 5.32 Å². The standard InChI is InChI=1S/C18H26ClNO/c1-13(2)17-11-18(8-10-21-17)7-9-20-12-15(18)14-5-3-4-6-16(14)19/h3-6,13,15,17,20H,7-12H2,1-2H3. The Bertz CT molecular complexity index is 486. The molecule has 21 heavy (non-hydrogen) atoms. The highest BCUT2D eigenvalue weighted by atomic mass is 35.5. The molecule has 0 aromatic heterocycles. The van der Waals surface area contributed by atoms with Crippen LogP contribution in [-0.4, -0.2) is 25.8 Å². The summed E-state index contributed by atoms with van der Waals surface area (Å²) in [6.07, 6.45) is 3.95. The quantitative estimate of drug-likeness (QED) is 0.882. The minimum absolute atomic E-state index is 0.351. The fraction of sp³-hybridized carbons (Fsp3) is 0.667. The van der Waals surface area contributed by atoms with Crippen LogP contribution in [0.25, 0.3) is 0 Å². The van der Waals surface area contributed by atoms with E-state index in [1.54, 1.807) is 0 Å². The van der Waals surface area contributed by atoms with E-state index in [9.17, 15) is 0 Å². The Balaban J connectivity index is 1.92. The minimum atomic E-state index is 0.351. The van der Waals surface area contributed by atoms with Gasteiger partial charge in [0, 0.05) is 24.1 Å². The van der Waals surface area contributed by atoms with Gasteiger partial charge in [0.2, 0.25) is 0 Å². The van der Waals surface area contributed by atoms with Gasteiger partial charge < -0.3 is 10.1 Å². The number of rotatable bonds is 2. The largest absolute Gasteiger partial charge is 0.378 e. The van der Waals surface area contributed by atoms with Crippen molar-refractivity contribution in [3.63, 3.8) is 0 Å². The van der Waals surface area contributed by atoms with Gasteiger partial charge in [-0.2, -0.15) is 0 Å². The maximum Gasteiger partial charge on any atom is 0.0603 e. The number of ether oxygens (including phenoxy) is 1. The Morgan fingerprint density at radius 1 is 1.29 bits per heavy atom. The molecule has 1 aromatic carbocycles. The third-order valence-corrected chi connectivity index (χ3v) is 5.80. The molecule has 2 saturated heterocycles. The van der Waals surface area contributed by atoms with Crippen molar-refractivity contribution in [1.82, 2.24) is 5.32 Å². The highest BCUT2D eigenvalue weighted by Gasteiger charge is 2.46. The highest BCUT2D eigenvalue weighted by Crippen LogP contribution is 2.51. The molecule has 1 spiro atoms. The van der Waals surface area contributed by atoms with Gasteiger partial charge in [0.05, 0.1) is 6.10 Å². The zero-order valence-corrected chi connectivity index (χ0v) is 13.8. The molecule has 3 heteroatoms. The Morgan fingerprint density at radius 2 is 2.10 bits per heavy atom. The van der Waals surface area contributed by atoms with Gasteiger partial charge in [0.15, 0.2) is 0 Å². The second-order valence-electron chi connectivity index (χ2n) is 7.00. The van der Waals surface area contributed by atoms with Crippen molar-refractivity contribution in [2.45, 2.75) is 45.1 Å². The third-order valence-electron chi connectivity index (χ3n) is 5.45. The molecule has 0 bridgehead atoms. The average molecular weight is 308 g/mol. The van der Waals surface area contributed by atoms with E-state index in [-0.39, 0.29) is 0 Å². The summed E-state index contributed by atoms with van der Waals surface area (Å²) in [6.45, 7) is 7.59. The highest BCUT2D eigenvalue weighted by molar-refractivity contribution is 6.31. The number of hydrogen-bond donors (Lipinski definition) is 1. The SMILES string of the molecule is CC(C)C1CC2(CCNCC2c2ccccc2Cl)CCO1. The van der Waals surface area contributed by atoms with Crippen LogP contribution in [0, 0.1) is 11.3 Å². The molecule has 0 amide bonds. The molecule has 0 aliphatic carbocycles. The van der Waals surface area contributed by atoms with Gasteiger partial charge in [-0.1, -0.05) is 43.6 Å². The van der Waals surface area contributed by atoms with E-state index >= 15 is 0 Å². The summed E-state index contributed by atoms with van der Waals surface area (Å²) >= 11 is 6.50. The molecule has 2 fully saturated rings. The fourth-order valence-electron chi connectivity index (χ4n) is 4.12. The van der Waals surface area contributed by atoms with Crippen LogP contribution >= 0.6 is 11.6 Å². The van der Waals surface area contributed by atoms with Crippen molar-refractivity contribution in [1.29, 1.82) is 0 Å². The average Bonchev–Trinajstić information content (AvgIpc) is 2.49. The predicted molar refractivity (Wildman–Crippen MR) is 87.9 cm³/mol. The van der Waals surface area contributed by atoms with E-state index in [4.69, 9.17) is 16.3 Å². The molecule has 3 rings (SSSR count). The van der Waals surface area contributed by atoms with Crippen molar-refractivity contribution in [3.05, 3.63) is 34.9 Å². The lowest BCUT2D eigenvalue weighted by Gasteiger charge is -2.50. The Hall–Kier alpha value is -0.570. The first-order valence-corrected chi connectivity index (χ1v) is 8.57. The summed E-state index contributed by atoms with van der Waals surface area (Å²) in [5.74, 6) is 1.09. The van der Waals surface area contributed by atoms with E-state index in [2.05, 4.69) is 31.3 Å². The molecule has 0 saturated carbocycles. The van der Waals surface area contributed by atoms with E-state index in [1.165, 1.54) is 18.4 Å². The van der Waals surface area contributed by atoms with E-state index in [1.807, 2.05) is 12.1 Å². The zero-order chi connectivity index (χ0) is 14.9. The lowest BCUT2D eigenvalue weighted by molar-refractivity contribution is -0.0862. The van der Waals surface area contributed by atoms with Crippen LogP contribution in [0.5, 0.6) is 0 Å². The third kappa shape index (κ3) is 2.99. The first kappa shape index (κ1) is 15.3. The molecule has 2 heterocycles. The van der Waals surface area contributed by atoms with Crippen molar-refractivity contribution >= 4 is 11.6 Å². The molecule has 0 radical (unpaired) electrons. The molecular weight excluding hydrogens is 282 g/mol. The van der Waals surface area contributed by atoms with Gasteiger partial charge in [-0.15, -0.1) is 0 Å². The topological polar surface area (TPSA) is 21.3 Å². The van der Waals surface area contributed by atoms with Crippen molar-refractivity contribution in [3.8, 4) is 0 Å². The van der Waals surface area contributed by atoms with Crippen LogP contribution in [0.15, 0.2) is 24.3 Å². The van der Waals surface area contributed by atoms with Gasteiger partial charge in [-0.25, -0.2) is 0 Å². The second kappa shape index (κ2) is 6.28. The first-order valence-electron chi connectivity index (χ1n) is 8.19. The Morgan fingerprint density at radius 3 is 2.86 bits per heavy atom. The molecule has 3 atom stereocenters. The smallest absolute Gasteiger partial charge is 0.0603 e. The van der Waals surface area contributed by atoms with Crippen molar-refractivity contribution in [2.24, 2.45) is 11.3 Å². The fourth-order valence-corrected chi connectivity index (χ4v) is 4.39. The van der Waals surface area contributed by atoms with Crippen LogP contribution in [0.3, 0.4) is 0 Å². The predicted octanol–water partition coefficient (Wildman–Crippen LogP) is 4.24. The summed E-state index contributed by atoms with van der Waals surface area (Å²) in [5.41, 5.74) is 1.67. The van der Waals surface area contributed by atoms with Gasteiger partial charge in [-0.3, -0.25) is 0 Å². The summed E-state index contributed by atoms with van der Waals surface area (Å²) in [4.78, 5) is 0. The molecule has 116 valence electrons. The lowest BCUT2D eigenvalue weighted by atomic mass is 9.61. The molecule has 3 unspecified atom stereocenters. The van der Waals surface area contributed by atoms with Crippen molar-refractivity contribution in [2.75, 3.05) is 19.7 Å². The van der Waals surface area contributed by atoms with Crippen LogP contribution in [0.4, 0.5) is 0 Å². The summed E-state index contributed by atoms with van der Waals surface area (Å²) < 4.78 is 6.03. The first-order chi connectivity index (χ1) is 10.1. The maximum absolute atomic E-state index is 6.50. The van der Waals surface area contributed by atoms with E-state index in [0.29, 0.717) is 23.4 Å². The molecule has 2 nitrogen and oxygen atoms in total. The van der Waals surface area contributed by atoms with Gasteiger partial charge >= 0.3 is 0 Å². The number of halogens is 1. The minimum Gasteiger partial charge on any atom is -0.378 e. The van der Waals surface area contributed by atoms with E-state index in [0.717, 1.165) is 31.1 Å². The molecular formula is C18H26ClNO. The lowest BCUT2D eigenvalue weighted by Crippen LogP contribution is -2.49. The molecule has 1 N–H and O–H groups in total. The van der Waals surface area contributed by atoms with Crippen LogP contribution in [0.2, 0.25) is 5.02 Å². The van der Waals surface area contributed by atoms with Gasteiger partial charge in [0.1, 0.15) is 0 Å². The normalized spacial score (nSPS) is 33.5. The number of benzene rings is 1. The van der Waals surface area contributed by atoms with Gasteiger partial charge in [0.25, 0.3) is 0 Å². The molecule has 2 aliphatic rings. The number of nitrogens with one attached hydrogen (secondary N) is 1. The summed E-state index contributed by atoms with van der Waals surface area (Å²) in [6, 6.07) is 8.37. The Kier molecular flexibility index (Phi) is 4.58. The van der Waals surface area contributed by atoms with E-state index < -0.39 is 0 Å². The van der Waals surface area contributed by atoms with Crippen LogP contribution in [-0.2, 0) is 4.74 Å². The number of hydrogen-bond acceptors (Lipinski definition) is 2. The van der Waals surface area contributed by atoms with Crippen molar-refractivity contribution < 1.29 is 4.74 Å². The second-order valence-corrected chi connectivity index (χ2v) is 7.41.